The fourth-order valence-electron chi connectivity index (χ4n) is 5.32. The Morgan fingerprint density at radius 2 is 1.86 bits per heavy atom. The topological polar surface area (TPSA) is 94.3 Å². The number of para-hydroxylation sites is 1. The van der Waals surface area contributed by atoms with E-state index >= 15 is 0 Å². The summed E-state index contributed by atoms with van der Waals surface area (Å²) in [6.45, 7) is 3.07. The van der Waals surface area contributed by atoms with Gasteiger partial charge in [0.05, 0.1) is 24.0 Å². The van der Waals surface area contributed by atoms with Crippen molar-refractivity contribution in [1.29, 1.82) is 5.26 Å². The minimum absolute atomic E-state index is 0.0639. The third-order valence-corrected chi connectivity index (χ3v) is 7.49. The number of anilines is 1. The molecule has 2 aliphatic rings. The van der Waals surface area contributed by atoms with E-state index in [4.69, 9.17) is 27.9 Å². The molecule has 0 amide bonds. The first kappa shape index (κ1) is 24.0. The van der Waals surface area contributed by atoms with Crippen molar-refractivity contribution in [2.45, 2.75) is 18.6 Å². The van der Waals surface area contributed by atoms with Crippen LogP contribution in [0.1, 0.15) is 12.0 Å². The highest BCUT2D eigenvalue weighted by Gasteiger charge is 2.34. The van der Waals surface area contributed by atoms with Gasteiger partial charge in [-0.2, -0.15) is 5.26 Å². The molecule has 4 heterocycles. The van der Waals surface area contributed by atoms with Crippen molar-refractivity contribution in [3.8, 4) is 34.1 Å². The molecule has 186 valence electrons. The molecule has 37 heavy (non-hydrogen) atoms. The SMILES string of the molecule is N#Cc1cccc(-c2cnc3ncc(-c4cc(Cl)cc(Cl)c4)c(N4CC[C@@H]5NCCO[C@H]5C4)c3c2)c1O. The summed E-state index contributed by atoms with van der Waals surface area (Å²) in [6, 6.07) is 14.9. The van der Waals surface area contributed by atoms with Gasteiger partial charge in [0.2, 0.25) is 0 Å². The molecule has 6 rings (SSSR count). The number of phenols is 1. The van der Waals surface area contributed by atoms with Crippen LogP contribution in [0, 0.1) is 11.3 Å². The summed E-state index contributed by atoms with van der Waals surface area (Å²) in [4.78, 5) is 11.6. The van der Waals surface area contributed by atoms with E-state index in [9.17, 15) is 10.4 Å². The lowest BCUT2D eigenvalue weighted by molar-refractivity contribution is -0.00896. The zero-order valence-corrected chi connectivity index (χ0v) is 21.3. The molecule has 2 aromatic carbocycles. The number of aromatic nitrogens is 2. The van der Waals surface area contributed by atoms with Crippen molar-refractivity contribution < 1.29 is 9.84 Å². The van der Waals surface area contributed by atoms with Crippen molar-refractivity contribution in [1.82, 2.24) is 15.3 Å². The molecule has 0 radical (unpaired) electrons. The van der Waals surface area contributed by atoms with Gasteiger partial charge in [0.1, 0.15) is 11.8 Å². The second-order valence-electron chi connectivity index (χ2n) is 9.29. The van der Waals surface area contributed by atoms with Gasteiger partial charge in [-0.05, 0) is 42.3 Å². The molecule has 7 nitrogen and oxygen atoms in total. The fourth-order valence-corrected chi connectivity index (χ4v) is 5.84. The maximum atomic E-state index is 10.7. The van der Waals surface area contributed by atoms with Gasteiger partial charge >= 0.3 is 0 Å². The Kier molecular flexibility index (Phi) is 6.35. The Labute approximate surface area is 224 Å². The zero-order chi connectivity index (χ0) is 25.5. The van der Waals surface area contributed by atoms with Crippen molar-refractivity contribution in [3.05, 3.63) is 70.5 Å². The van der Waals surface area contributed by atoms with E-state index in [1.807, 2.05) is 30.5 Å². The molecule has 0 unspecified atom stereocenters. The Morgan fingerprint density at radius 1 is 1.05 bits per heavy atom. The van der Waals surface area contributed by atoms with E-state index in [2.05, 4.69) is 20.2 Å². The van der Waals surface area contributed by atoms with Crippen LogP contribution in [0.5, 0.6) is 5.75 Å². The second kappa shape index (κ2) is 9.81. The van der Waals surface area contributed by atoms with E-state index in [0.29, 0.717) is 46.0 Å². The number of benzene rings is 2. The summed E-state index contributed by atoms with van der Waals surface area (Å²) >= 11 is 12.8. The van der Waals surface area contributed by atoms with Gasteiger partial charge in [-0.25, -0.2) is 9.97 Å². The molecule has 2 saturated heterocycles. The average Bonchev–Trinajstić information content (AvgIpc) is 2.91. The van der Waals surface area contributed by atoms with Gasteiger partial charge in [0.15, 0.2) is 5.65 Å². The number of ether oxygens (including phenoxy) is 1. The predicted octanol–water partition coefficient (Wildman–Crippen LogP) is 5.41. The number of piperidine rings is 1. The molecule has 0 aliphatic carbocycles. The molecule has 4 aromatic rings. The molecule has 9 heteroatoms. The number of fused-ring (bicyclic) bond motifs is 2. The summed E-state index contributed by atoms with van der Waals surface area (Å²) in [5.41, 5.74) is 4.71. The molecule has 2 aliphatic heterocycles. The zero-order valence-electron chi connectivity index (χ0n) is 19.8. The highest BCUT2D eigenvalue weighted by atomic mass is 35.5. The van der Waals surface area contributed by atoms with E-state index in [1.54, 1.807) is 30.5 Å². The lowest BCUT2D eigenvalue weighted by Gasteiger charge is -2.43. The van der Waals surface area contributed by atoms with Gasteiger partial charge in [-0.3, -0.25) is 0 Å². The van der Waals surface area contributed by atoms with Crippen LogP contribution in [0.3, 0.4) is 0 Å². The molecule has 0 saturated carbocycles. The third kappa shape index (κ3) is 4.47. The number of pyridine rings is 2. The van der Waals surface area contributed by atoms with Crippen LogP contribution in [-0.4, -0.2) is 53.5 Å². The minimum Gasteiger partial charge on any atom is -0.506 e. The van der Waals surface area contributed by atoms with Gasteiger partial charge in [-0.1, -0.05) is 35.3 Å². The van der Waals surface area contributed by atoms with Gasteiger partial charge in [0, 0.05) is 70.2 Å². The Morgan fingerprint density at radius 3 is 2.68 bits per heavy atom. The van der Waals surface area contributed by atoms with E-state index in [1.165, 1.54) is 0 Å². The largest absolute Gasteiger partial charge is 0.506 e. The molecule has 2 aromatic heterocycles. The summed E-state index contributed by atoms with van der Waals surface area (Å²) < 4.78 is 6.12. The number of halogens is 2. The lowest BCUT2D eigenvalue weighted by Crippen LogP contribution is -2.57. The number of nitrogens with zero attached hydrogens (tertiary/aromatic N) is 4. The first-order chi connectivity index (χ1) is 18.0. The number of rotatable bonds is 3. The fraction of sp³-hybridized carbons (Fsp3) is 0.250. The third-order valence-electron chi connectivity index (χ3n) is 7.05. The number of aromatic hydroxyl groups is 1. The van der Waals surface area contributed by atoms with Crippen molar-refractivity contribution in [2.24, 2.45) is 0 Å². The molecule has 0 spiro atoms. The van der Waals surface area contributed by atoms with E-state index < -0.39 is 0 Å². The Hall–Kier alpha value is -3.41. The summed E-state index contributed by atoms with van der Waals surface area (Å²) in [7, 11) is 0. The summed E-state index contributed by atoms with van der Waals surface area (Å²) in [6.07, 6.45) is 4.48. The number of nitrogens with one attached hydrogen (secondary N) is 1. The molecule has 2 atom stereocenters. The standard InChI is InChI=1S/C28H23Cl2N5O2/c29-19-8-17(9-20(30)11-19)23-14-34-28-22(26(23)35-6-4-24-25(15-35)37-7-5-32-24)10-18(13-33-28)21-3-1-2-16(12-31)27(21)36/h1-3,8-11,13-14,24-25,32,36H,4-7,15H2/t24-,25-/m0/s1. The summed E-state index contributed by atoms with van der Waals surface area (Å²) in [5.74, 6) is -0.0686. The van der Waals surface area contributed by atoms with Gasteiger partial charge in [-0.15, -0.1) is 0 Å². The van der Waals surface area contributed by atoms with Crippen LogP contribution in [0.25, 0.3) is 33.3 Å². The minimum atomic E-state index is -0.0686. The average molecular weight is 532 g/mol. The lowest BCUT2D eigenvalue weighted by atomic mass is 9.95. The summed E-state index contributed by atoms with van der Waals surface area (Å²) in [5, 5.41) is 25.6. The first-order valence-corrected chi connectivity index (χ1v) is 12.8. The number of hydrogen-bond acceptors (Lipinski definition) is 7. The number of hydrogen-bond donors (Lipinski definition) is 2. The molecular formula is C28H23Cl2N5O2. The number of nitriles is 1. The highest BCUT2D eigenvalue weighted by Crippen LogP contribution is 2.41. The van der Waals surface area contributed by atoms with E-state index in [0.717, 1.165) is 41.7 Å². The monoisotopic (exact) mass is 531 g/mol. The Bertz CT molecular complexity index is 1530. The maximum Gasteiger partial charge on any atom is 0.161 e. The van der Waals surface area contributed by atoms with Crippen molar-refractivity contribution in [2.75, 3.05) is 31.1 Å². The van der Waals surface area contributed by atoms with Crippen LogP contribution in [0.4, 0.5) is 5.69 Å². The highest BCUT2D eigenvalue weighted by molar-refractivity contribution is 6.35. The molecule has 2 fully saturated rings. The van der Waals surface area contributed by atoms with Crippen LogP contribution in [0.2, 0.25) is 10.0 Å². The molecule has 0 bridgehead atoms. The van der Waals surface area contributed by atoms with Crippen LogP contribution in [-0.2, 0) is 4.74 Å². The van der Waals surface area contributed by atoms with Crippen molar-refractivity contribution >= 4 is 39.9 Å². The first-order valence-electron chi connectivity index (χ1n) is 12.1. The van der Waals surface area contributed by atoms with E-state index in [-0.39, 0.29) is 17.4 Å². The molecule has 2 N–H and O–H groups in total. The second-order valence-corrected chi connectivity index (χ2v) is 10.2. The Balaban J connectivity index is 1.56. The smallest absolute Gasteiger partial charge is 0.161 e. The maximum absolute atomic E-state index is 10.7. The van der Waals surface area contributed by atoms with Crippen LogP contribution in [0.15, 0.2) is 54.9 Å². The number of phenolic OH excluding ortho intramolecular Hbond substituents is 1. The normalized spacial score (nSPS) is 19.4. The predicted molar refractivity (Wildman–Crippen MR) is 145 cm³/mol. The quantitative estimate of drug-likeness (QED) is 0.364. The van der Waals surface area contributed by atoms with Gasteiger partial charge in [0.25, 0.3) is 0 Å². The van der Waals surface area contributed by atoms with Crippen molar-refractivity contribution in [3.63, 3.8) is 0 Å². The van der Waals surface area contributed by atoms with Crippen LogP contribution >= 0.6 is 23.2 Å². The van der Waals surface area contributed by atoms with Crippen LogP contribution < -0.4 is 10.2 Å². The number of morpholine rings is 1. The molecular weight excluding hydrogens is 509 g/mol. The van der Waals surface area contributed by atoms with Gasteiger partial charge < -0.3 is 20.1 Å².